The van der Waals surface area contributed by atoms with Crippen molar-refractivity contribution in [2.45, 2.75) is 39.5 Å². The Kier molecular flexibility index (Phi) is 6.83. The Hall–Kier alpha value is -3.09. The van der Waals surface area contributed by atoms with Gasteiger partial charge in [0.2, 0.25) is 0 Å². The molecule has 1 aromatic carbocycles. The van der Waals surface area contributed by atoms with Gasteiger partial charge in [-0.3, -0.25) is 9.59 Å². The van der Waals surface area contributed by atoms with E-state index in [0.717, 1.165) is 11.3 Å². The minimum atomic E-state index is -0.912. The van der Waals surface area contributed by atoms with Crippen LogP contribution in [0, 0.1) is 11.8 Å². The number of nitrogens with one attached hydrogen (secondary N) is 1. The van der Waals surface area contributed by atoms with Crippen LogP contribution in [0.25, 0.3) is 0 Å². The molecule has 0 radical (unpaired) electrons. The summed E-state index contributed by atoms with van der Waals surface area (Å²) in [6.07, 6.45) is 1.18. The average Bonchev–Trinajstić information content (AvgIpc) is 2.76. The summed E-state index contributed by atoms with van der Waals surface area (Å²) in [6, 6.07) is 7.27. The van der Waals surface area contributed by atoms with E-state index >= 15 is 0 Å². The first-order valence-electron chi connectivity index (χ1n) is 10.5. The number of carbonyl (C=O) groups excluding carboxylic acids is 3. The summed E-state index contributed by atoms with van der Waals surface area (Å²) in [5.74, 6) is -2.55. The van der Waals surface area contributed by atoms with Gasteiger partial charge in [-0.15, -0.1) is 0 Å². The predicted octanol–water partition coefficient (Wildman–Crippen LogP) is 3.26. The molecule has 0 spiro atoms. The number of hydrogen-bond acceptors (Lipinski definition) is 7. The van der Waals surface area contributed by atoms with Crippen molar-refractivity contribution in [1.82, 2.24) is 5.32 Å². The van der Waals surface area contributed by atoms with E-state index in [4.69, 9.17) is 14.2 Å². The lowest BCUT2D eigenvalue weighted by Crippen LogP contribution is -2.43. The molecule has 31 heavy (non-hydrogen) atoms. The second-order valence-electron chi connectivity index (χ2n) is 7.95. The van der Waals surface area contributed by atoms with Crippen molar-refractivity contribution in [3.63, 3.8) is 0 Å². The first kappa shape index (κ1) is 22.6. The number of ketones is 1. The van der Waals surface area contributed by atoms with E-state index in [0.29, 0.717) is 35.4 Å². The van der Waals surface area contributed by atoms with Gasteiger partial charge in [-0.1, -0.05) is 26.0 Å². The van der Waals surface area contributed by atoms with Gasteiger partial charge in [-0.2, -0.15) is 0 Å². The predicted molar refractivity (Wildman–Crippen MR) is 114 cm³/mol. The van der Waals surface area contributed by atoms with Gasteiger partial charge >= 0.3 is 11.9 Å². The summed E-state index contributed by atoms with van der Waals surface area (Å²) in [5.41, 5.74) is 2.88. The smallest absolute Gasteiger partial charge is 0.336 e. The number of ether oxygens (including phenoxy) is 3. The molecule has 0 unspecified atom stereocenters. The molecule has 0 bridgehead atoms. The van der Waals surface area contributed by atoms with Crippen LogP contribution in [0.3, 0.4) is 0 Å². The van der Waals surface area contributed by atoms with E-state index in [1.54, 1.807) is 26.2 Å². The normalized spacial score (nSPS) is 23.1. The molecule has 0 amide bonds. The third kappa shape index (κ3) is 4.22. The van der Waals surface area contributed by atoms with Gasteiger partial charge in [0.15, 0.2) is 5.78 Å². The maximum absolute atomic E-state index is 13.6. The summed E-state index contributed by atoms with van der Waals surface area (Å²) in [7, 11) is 2.84. The van der Waals surface area contributed by atoms with Crippen molar-refractivity contribution in [2.24, 2.45) is 11.8 Å². The monoisotopic (exact) mass is 427 g/mol. The zero-order valence-electron chi connectivity index (χ0n) is 18.6. The molecule has 3 rings (SSSR count). The van der Waals surface area contributed by atoms with E-state index in [1.807, 2.05) is 26.0 Å². The summed E-state index contributed by atoms with van der Waals surface area (Å²) < 4.78 is 15.7. The second kappa shape index (κ2) is 9.37. The summed E-state index contributed by atoms with van der Waals surface area (Å²) in [5, 5.41) is 3.25. The Morgan fingerprint density at radius 3 is 2.61 bits per heavy atom. The molecule has 0 saturated carbocycles. The molecular formula is C24H29NO6. The first-order valence-corrected chi connectivity index (χ1v) is 10.5. The molecule has 1 aromatic rings. The molecule has 1 aliphatic carbocycles. The Morgan fingerprint density at radius 1 is 1.23 bits per heavy atom. The van der Waals surface area contributed by atoms with Crippen LogP contribution in [0.5, 0.6) is 5.75 Å². The molecule has 1 heterocycles. The van der Waals surface area contributed by atoms with Gasteiger partial charge in [-0.05, 0) is 43.4 Å². The van der Waals surface area contributed by atoms with E-state index in [9.17, 15) is 14.4 Å². The fraction of sp³-hybridized carbons (Fsp3) is 0.458. The third-order valence-electron chi connectivity index (χ3n) is 5.83. The van der Waals surface area contributed by atoms with Crippen LogP contribution >= 0.6 is 0 Å². The van der Waals surface area contributed by atoms with Crippen LogP contribution in [0.1, 0.15) is 45.1 Å². The highest BCUT2D eigenvalue weighted by atomic mass is 16.5. The highest BCUT2D eigenvalue weighted by Crippen LogP contribution is 2.45. The summed E-state index contributed by atoms with van der Waals surface area (Å²) in [4.78, 5) is 39.1. The Balaban J connectivity index is 2.17. The highest BCUT2D eigenvalue weighted by molar-refractivity contribution is 6.12. The molecule has 7 heteroatoms. The lowest BCUT2D eigenvalue weighted by Gasteiger charge is -2.38. The van der Waals surface area contributed by atoms with Crippen LogP contribution in [0.4, 0.5) is 0 Å². The number of dihydropyridines is 1. The summed E-state index contributed by atoms with van der Waals surface area (Å²) in [6.45, 7) is 5.86. The van der Waals surface area contributed by atoms with Crippen molar-refractivity contribution in [2.75, 3.05) is 20.8 Å². The van der Waals surface area contributed by atoms with Gasteiger partial charge < -0.3 is 19.5 Å². The van der Waals surface area contributed by atoms with Crippen molar-refractivity contribution in [3.05, 3.63) is 52.4 Å². The minimum absolute atomic E-state index is 0.224. The SMILES string of the molecule is CCCOC(=O)C1=C(C)NC2=C(C(=O)[C@H](C(=O)OC)[C@@H](C)C2)[C@@H]1c1cccc(OC)c1. The molecular weight excluding hydrogens is 398 g/mol. The van der Waals surface area contributed by atoms with Crippen LogP contribution in [-0.4, -0.2) is 38.5 Å². The largest absolute Gasteiger partial charge is 0.497 e. The highest BCUT2D eigenvalue weighted by Gasteiger charge is 2.47. The van der Waals surface area contributed by atoms with Crippen molar-refractivity contribution in [1.29, 1.82) is 0 Å². The number of esters is 2. The van der Waals surface area contributed by atoms with E-state index in [2.05, 4.69) is 5.32 Å². The fourth-order valence-corrected chi connectivity index (χ4v) is 4.38. The van der Waals surface area contributed by atoms with Gasteiger partial charge in [-0.25, -0.2) is 4.79 Å². The van der Waals surface area contributed by atoms with Crippen LogP contribution in [0.15, 0.2) is 46.8 Å². The van der Waals surface area contributed by atoms with Crippen molar-refractivity contribution >= 4 is 17.7 Å². The van der Waals surface area contributed by atoms with Gasteiger partial charge in [0, 0.05) is 22.9 Å². The Labute approximate surface area is 182 Å². The number of benzene rings is 1. The van der Waals surface area contributed by atoms with E-state index < -0.39 is 23.8 Å². The second-order valence-corrected chi connectivity index (χ2v) is 7.95. The molecule has 3 atom stereocenters. The number of rotatable bonds is 6. The van der Waals surface area contributed by atoms with Crippen molar-refractivity contribution < 1.29 is 28.6 Å². The fourth-order valence-electron chi connectivity index (χ4n) is 4.38. The molecule has 7 nitrogen and oxygen atoms in total. The number of hydrogen-bond donors (Lipinski definition) is 1. The van der Waals surface area contributed by atoms with E-state index in [-0.39, 0.29) is 18.3 Å². The van der Waals surface area contributed by atoms with Crippen LogP contribution < -0.4 is 10.1 Å². The van der Waals surface area contributed by atoms with Crippen LogP contribution in [0.2, 0.25) is 0 Å². The number of allylic oxidation sites excluding steroid dienone is 3. The number of methoxy groups -OCH3 is 2. The molecule has 1 aliphatic heterocycles. The molecule has 0 fully saturated rings. The van der Waals surface area contributed by atoms with Gasteiger partial charge in [0.25, 0.3) is 0 Å². The maximum Gasteiger partial charge on any atom is 0.336 e. The van der Waals surface area contributed by atoms with Crippen molar-refractivity contribution in [3.8, 4) is 5.75 Å². The molecule has 166 valence electrons. The van der Waals surface area contributed by atoms with Gasteiger partial charge in [0.05, 0.1) is 26.4 Å². The Bertz CT molecular complexity index is 961. The molecule has 2 aliphatic rings. The zero-order chi connectivity index (χ0) is 22.7. The lowest BCUT2D eigenvalue weighted by atomic mass is 9.69. The quantitative estimate of drug-likeness (QED) is 0.550. The molecule has 0 saturated heterocycles. The number of carbonyl (C=O) groups is 3. The minimum Gasteiger partial charge on any atom is -0.497 e. The topological polar surface area (TPSA) is 90.9 Å². The van der Waals surface area contributed by atoms with E-state index in [1.165, 1.54) is 7.11 Å². The van der Waals surface area contributed by atoms with Crippen LogP contribution in [-0.2, 0) is 23.9 Å². The molecule has 0 aromatic heterocycles. The summed E-state index contributed by atoms with van der Waals surface area (Å²) >= 11 is 0. The average molecular weight is 427 g/mol. The first-order chi connectivity index (χ1) is 14.8. The maximum atomic E-state index is 13.6. The molecule has 1 N–H and O–H groups in total. The standard InChI is InChI=1S/C24H29NO6/c1-6-10-31-24(28)19-14(3)25-17-11-13(2)18(23(27)30-5)22(26)21(17)20(19)15-8-7-9-16(12-15)29-4/h7-9,12-13,18,20,25H,6,10-11H2,1-5H3/t13-,18+,20+/m0/s1. The third-order valence-corrected chi connectivity index (χ3v) is 5.83. The lowest BCUT2D eigenvalue weighted by molar-refractivity contribution is -0.151. The number of Topliss-reactive ketones (excluding diaryl/α,β-unsaturated/α-hetero) is 1. The Morgan fingerprint density at radius 2 is 1.97 bits per heavy atom. The zero-order valence-corrected chi connectivity index (χ0v) is 18.6. The van der Waals surface area contributed by atoms with Gasteiger partial charge in [0.1, 0.15) is 11.7 Å².